The van der Waals surface area contributed by atoms with Crippen LogP contribution in [0.5, 0.6) is 11.5 Å². The van der Waals surface area contributed by atoms with Crippen LogP contribution < -0.4 is 4.31 Å². The molecule has 0 aliphatic carbocycles. The Bertz CT molecular complexity index is 848. The van der Waals surface area contributed by atoms with E-state index in [4.69, 9.17) is 16.0 Å². The summed E-state index contributed by atoms with van der Waals surface area (Å²) in [5.74, 6) is -2.58. The SMILES string of the molecule is O=S1(=O)CCCN1c1oc(-c2ccc(F)cc2Cl)c(O)c1O. The molecule has 0 saturated carbocycles. The first kappa shape index (κ1) is 15.0. The van der Waals surface area contributed by atoms with Crippen LogP contribution in [0.2, 0.25) is 5.02 Å². The molecule has 0 spiro atoms. The van der Waals surface area contributed by atoms with Gasteiger partial charge in [0.2, 0.25) is 21.5 Å². The van der Waals surface area contributed by atoms with E-state index in [2.05, 4.69) is 0 Å². The Morgan fingerprint density at radius 3 is 2.59 bits per heavy atom. The van der Waals surface area contributed by atoms with Gasteiger partial charge < -0.3 is 14.6 Å². The van der Waals surface area contributed by atoms with Crippen LogP contribution in [-0.4, -0.2) is 30.9 Å². The van der Waals surface area contributed by atoms with Crippen molar-refractivity contribution in [1.29, 1.82) is 0 Å². The summed E-state index contributed by atoms with van der Waals surface area (Å²) in [6, 6.07) is 3.38. The van der Waals surface area contributed by atoms with Crippen LogP contribution in [0.15, 0.2) is 22.6 Å². The number of anilines is 1. The van der Waals surface area contributed by atoms with E-state index in [1.807, 2.05) is 0 Å². The zero-order valence-corrected chi connectivity index (χ0v) is 12.7. The fourth-order valence-electron chi connectivity index (χ4n) is 2.30. The maximum Gasteiger partial charge on any atom is 0.256 e. The molecule has 0 unspecified atom stereocenters. The maximum atomic E-state index is 13.1. The van der Waals surface area contributed by atoms with Crippen LogP contribution in [0, 0.1) is 5.82 Å². The van der Waals surface area contributed by atoms with Crippen LogP contribution in [0.25, 0.3) is 11.3 Å². The molecule has 2 N–H and O–H groups in total. The van der Waals surface area contributed by atoms with E-state index in [-0.39, 0.29) is 34.5 Å². The smallest absolute Gasteiger partial charge is 0.256 e. The highest BCUT2D eigenvalue weighted by atomic mass is 35.5. The highest BCUT2D eigenvalue weighted by Crippen LogP contribution is 2.49. The Morgan fingerprint density at radius 2 is 2.00 bits per heavy atom. The number of benzene rings is 1. The van der Waals surface area contributed by atoms with Gasteiger partial charge in [0.15, 0.2) is 5.76 Å². The molecule has 1 aromatic carbocycles. The lowest BCUT2D eigenvalue weighted by Crippen LogP contribution is -2.24. The first-order chi connectivity index (χ1) is 10.3. The minimum Gasteiger partial charge on any atom is -0.502 e. The summed E-state index contributed by atoms with van der Waals surface area (Å²) in [4.78, 5) is 0. The molecule has 1 aliphatic rings. The number of hydrogen-bond acceptors (Lipinski definition) is 5. The molecule has 0 radical (unpaired) electrons. The normalized spacial score (nSPS) is 17.1. The Labute approximate surface area is 130 Å². The molecule has 118 valence electrons. The summed E-state index contributed by atoms with van der Waals surface area (Å²) in [5, 5.41) is 19.9. The highest BCUT2D eigenvalue weighted by Gasteiger charge is 2.35. The molecule has 2 heterocycles. The monoisotopic (exact) mass is 347 g/mol. The Balaban J connectivity index is 2.14. The molecule has 1 saturated heterocycles. The Hall–Kier alpha value is -1.93. The maximum absolute atomic E-state index is 13.1. The number of hydrogen-bond donors (Lipinski definition) is 2. The number of halogens is 2. The Kier molecular flexibility index (Phi) is 3.45. The largest absolute Gasteiger partial charge is 0.502 e. The van der Waals surface area contributed by atoms with Crippen molar-refractivity contribution in [3.63, 3.8) is 0 Å². The second-order valence-electron chi connectivity index (χ2n) is 4.80. The number of nitrogens with zero attached hydrogens (tertiary/aromatic N) is 1. The summed E-state index contributed by atoms with van der Waals surface area (Å²) >= 11 is 5.89. The molecule has 22 heavy (non-hydrogen) atoms. The van der Waals surface area contributed by atoms with E-state index >= 15 is 0 Å². The number of aromatic hydroxyl groups is 2. The molecular weight excluding hydrogens is 337 g/mol. The first-order valence-electron chi connectivity index (χ1n) is 6.32. The van der Waals surface area contributed by atoms with E-state index in [9.17, 15) is 23.0 Å². The number of rotatable bonds is 2. The molecule has 1 aromatic heterocycles. The second-order valence-corrected chi connectivity index (χ2v) is 7.22. The van der Waals surface area contributed by atoms with Crippen LogP contribution in [-0.2, 0) is 10.0 Å². The zero-order valence-electron chi connectivity index (χ0n) is 11.1. The second kappa shape index (κ2) is 5.06. The molecule has 2 aromatic rings. The van der Waals surface area contributed by atoms with Gasteiger partial charge in [0.1, 0.15) is 5.82 Å². The topological polar surface area (TPSA) is 91.0 Å². The van der Waals surface area contributed by atoms with Crippen molar-refractivity contribution in [3.8, 4) is 22.8 Å². The van der Waals surface area contributed by atoms with E-state index in [1.54, 1.807) is 0 Å². The summed E-state index contributed by atoms with van der Waals surface area (Å²) < 4.78 is 43.0. The third kappa shape index (κ3) is 2.28. The first-order valence-corrected chi connectivity index (χ1v) is 8.30. The molecule has 6 nitrogen and oxygen atoms in total. The van der Waals surface area contributed by atoms with Gasteiger partial charge in [0.25, 0.3) is 5.88 Å². The van der Waals surface area contributed by atoms with Crippen molar-refractivity contribution >= 4 is 27.5 Å². The van der Waals surface area contributed by atoms with Crippen LogP contribution in [0.1, 0.15) is 6.42 Å². The summed E-state index contributed by atoms with van der Waals surface area (Å²) in [5.41, 5.74) is 0.138. The fourth-order valence-corrected chi connectivity index (χ4v) is 4.05. The molecular formula is C13H11ClFNO5S. The van der Waals surface area contributed by atoms with Crippen molar-refractivity contribution in [2.75, 3.05) is 16.6 Å². The van der Waals surface area contributed by atoms with E-state index in [1.165, 1.54) is 6.07 Å². The lowest BCUT2D eigenvalue weighted by atomic mass is 10.1. The van der Waals surface area contributed by atoms with Gasteiger partial charge in [0.05, 0.1) is 10.8 Å². The summed E-state index contributed by atoms with van der Waals surface area (Å²) in [6.45, 7) is 0.138. The van der Waals surface area contributed by atoms with E-state index in [0.717, 1.165) is 16.4 Å². The molecule has 0 atom stereocenters. The molecule has 3 rings (SSSR count). The van der Waals surface area contributed by atoms with Crippen LogP contribution in [0.4, 0.5) is 10.3 Å². The zero-order chi connectivity index (χ0) is 16.1. The van der Waals surface area contributed by atoms with Crippen molar-refractivity contribution in [1.82, 2.24) is 0 Å². The molecule has 1 aliphatic heterocycles. The van der Waals surface area contributed by atoms with Crippen LogP contribution in [0.3, 0.4) is 0 Å². The van der Waals surface area contributed by atoms with Crippen LogP contribution >= 0.6 is 11.6 Å². The molecule has 0 bridgehead atoms. The minimum atomic E-state index is -3.59. The van der Waals surface area contributed by atoms with Gasteiger partial charge in [-0.3, -0.25) is 0 Å². The molecule has 0 amide bonds. The third-order valence-electron chi connectivity index (χ3n) is 3.34. The van der Waals surface area contributed by atoms with E-state index < -0.39 is 27.3 Å². The lowest BCUT2D eigenvalue weighted by Gasteiger charge is -2.12. The minimum absolute atomic E-state index is 0.0418. The predicted molar refractivity (Wildman–Crippen MR) is 78.2 cm³/mol. The van der Waals surface area contributed by atoms with Crippen molar-refractivity contribution < 1.29 is 27.4 Å². The summed E-state index contributed by atoms with van der Waals surface area (Å²) in [6.07, 6.45) is 0.385. The third-order valence-corrected chi connectivity index (χ3v) is 5.48. The van der Waals surface area contributed by atoms with Gasteiger partial charge >= 0.3 is 0 Å². The quantitative estimate of drug-likeness (QED) is 0.871. The van der Waals surface area contributed by atoms with Gasteiger partial charge in [-0.15, -0.1) is 0 Å². The van der Waals surface area contributed by atoms with Crippen molar-refractivity contribution in [2.45, 2.75) is 6.42 Å². The summed E-state index contributed by atoms with van der Waals surface area (Å²) in [7, 11) is -3.59. The highest BCUT2D eigenvalue weighted by molar-refractivity contribution is 7.93. The van der Waals surface area contributed by atoms with E-state index in [0.29, 0.717) is 6.42 Å². The average molecular weight is 348 g/mol. The van der Waals surface area contributed by atoms with Crippen molar-refractivity contribution in [3.05, 3.63) is 29.0 Å². The predicted octanol–water partition coefficient (Wildman–Crippen LogP) is 2.69. The fraction of sp³-hybridized carbons (Fsp3) is 0.231. The Morgan fingerprint density at radius 1 is 1.27 bits per heavy atom. The average Bonchev–Trinajstić information content (AvgIpc) is 2.92. The van der Waals surface area contributed by atoms with Crippen molar-refractivity contribution in [2.24, 2.45) is 0 Å². The van der Waals surface area contributed by atoms with Gasteiger partial charge in [-0.05, 0) is 24.6 Å². The standard InChI is InChI=1S/C13H11ClFNO5S/c14-9-6-7(15)2-3-8(9)12-10(17)11(18)13(21-12)16-4-1-5-22(16,19)20/h2-3,6,17-18H,1,4-5H2. The number of furan rings is 1. The lowest BCUT2D eigenvalue weighted by molar-refractivity contribution is 0.409. The number of sulfonamides is 1. The van der Waals surface area contributed by atoms with Gasteiger partial charge in [-0.25, -0.2) is 17.1 Å². The molecule has 9 heteroatoms. The molecule has 1 fully saturated rings. The van der Waals surface area contributed by atoms with Gasteiger partial charge in [-0.2, -0.15) is 0 Å². The van der Waals surface area contributed by atoms with Gasteiger partial charge in [-0.1, -0.05) is 11.6 Å². The van der Waals surface area contributed by atoms with Gasteiger partial charge in [0, 0.05) is 12.1 Å².